The number of rotatable bonds is 2. The molecule has 0 amide bonds. The quantitative estimate of drug-likeness (QED) is 0.503. The number of anilines is 2. The zero-order valence-electron chi connectivity index (χ0n) is 14.8. The van der Waals surface area contributed by atoms with E-state index in [9.17, 15) is 9.90 Å². The molecule has 1 heterocycles. The van der Waals surface area contributed by atoms with Crippen LogP contribution in [0.4, 0.5) is 11.4 Å². The Labute approximate surface area is 156 Å². The van der Waals surface area contributed by atoms with E-state index in [1.807, 2.05) is 24.3 Å². The molecule has 0 aromatic heterocycles. The van der Waals surface area contributed by atoms with Crippen LogP contribution in [0.5, 0.6) is 11.5 Å². The molecule has 0 unspecified atom stereocenters. The molecule has 1 aliphatic rings. The third-order valence-corrected chi connectivity index (χ3v) is 4.76. The number of carboxylic acid groups (broad SMARTS) is 1. The molecule has 0 bridgehead atoms. The largest absolute Gasteiger partial charge is 0.478 e. The van der Waals surface area contributed by atoms with Crippen molar-refractivity contribution in [3.05, 3.63) is 70.8 Å². The summed E-state index contributed by atoms with van der Waals surface area (Å²) in [7, 11) is 0. The minimum absolute atomic E-state index is 0.00582. The van der Waals surface area contributed by atoms with Crippen LogP contribution in [0.25, 0.3) is 11.1 Å². The minimum atomic E-state index is -1.12. The smallest absolute Gasteiger partial charge is 0.338 e. The molecule has 2 N–H and O–H groups in total. The van der Waals surface area contributed by atoms with Crippen molar-refractivity contribution in [3.8, 4) is 28.7 Å². The van der Waals surface area contributed by atoms with Crippen molar-refractivity contribution in [2.75, 3.05) is 5.32 Å². The fraction of sp³-hybridized carbons (Fsp3) is 0.0909. The Morgan fingerprint density at radius 1 is 1.00 bits per heavy atom. The highest BCUT2D eigenvalue weighted by Gasteiger charge is 2.24. The highest BCUT2D eigenvalue weighted by Crippen LogP contribution is 2.45. The second kappa shape index (κ2) is 6.19. The number of nitrogens with one attached hydrogen (secondary N) is 1. The molecule has 0 saturated carbocycles. The lowest BCUT2D eigenvalue weighted by Crippen LogP contribution is -2.09. The summed E-state index contributed by atoms with van der Waals surface area (Å²) in [5.41, 5.74) is 5.79. The molecule has 0 spiro atoms. The standard InChI is InChI=1S/C22H16N2O3/c1-12-3-4-15(7-13(12)2)16-5-6-19-18(10-16)24-21-17(22(25)26)8-14(11-23)9-20(21)27-19/h3-10,24H,1-2H3,(H,25,26). The van der Waals surface area contributed by atoms with Crippen LogP contribution in [0, 0.1) is 25.2 Å². The predicted octanol–water partition coefficient (Wildman–Crippen LogP) is 5.39. The maximum Gasteiger partial charge on any atom is 0.338 e. The highest BCUT2D eigenvalue weighted by molar-refractivity contribution is 5.99. The van der Waals surface area contributed by atoms with Gasteiger partial charge in [0.25, 0.3) is 0 Å². The summed E-state index contributed by atoms with van der Waals surface area (Å²) in [4.78, 5) is 11.6. The number of hydrogen-bond acceptors (Lipinski definition) is 4. The molecule has 0 saturated heterocycles. The first-order valence-electron chi connectivity index (χ1n) is 8.44. The number of aromatic carboxylic acids is 1. The van der Waals surface area contributed by atoms with Gasteiger partial charge in [0.1, 0.15) is 0 Å². The van der Waals surface area contributed by atoms with Gasteiger partial charge in [-0.3, -0.25) is 0 Å². The summed E-state index contributed by atoms with van der Waals surface area (Å²) in [6, 6.07) is 16.8. The van der Waals surface area contributed by atoms with Crippen molar-refractivity contribution in [2.45, 2.75) is 13.8 Å². The molecular weight excluding hydrogens is 340 g/mol. The first-order valence-corrected chi connectivity index (χ1v) is 8.44. The van der Waals surface area contributed by atoms with Crippen LogP contribution in [0.3, 0.4) is 0 Å². The van der Waals surface area contributed by atoms with E-state index in [1.54, 1.807) is 0 Å². The summed E-state index contributed by atoms with van der Waals surface area (Å²) < 4.78 is 5.87. The molecule has 0 fully saturated rings. The van der Waals surface area contributed by atoms with E-state index in [0.717, 1.165) is 11.1 Å². The summed E-state index contributed by atoms with van der Waals surface area (Å²) in [6.45, 7) is 4.14. The predicted molar refractivity (Wildman–Crippen MR) is 103 cm³/mol. The average molecular weight is 356 g/mol. The fourth-order valence-electron chi connectivity index (χ4n) is 3.13. The molecule has 1 aliphatic heterocycles. The zero-order valence-corrected chi connectivity index (χ0v) is 14.8. The maximum atomic E-state index is 11.6. The van der Waals surface area contributed by atoms with E-state index < -0.39 is 5.97 Å². The molecule has 0 atom stereocenters. The van der Waals surface area contributed by atoms with Gasteiger partial charge in [0, 0.05) is 6.07 Å². The molecule has 3 aromatic carbocycles. The summed E-state index contributed by atoms with van der Waals surface area (Å²) >= 11 is 0. The summed E-state index contributed by atoms with van der Waals surface area (Å²) in [5.74, 6) is -0.201. The van der Waals surface area contributed by atoms with Gasteiger partial charge in [-0.15, -0.1) is 0 Å². The van der Waals surface area contributed by atoms with Crippen molar-refractivity contribution < 1.29 is 14.6 Å². The van der Waals surface area contributed by atoms with Gasteiger partial charge in [0.2, 0.25) is 0 Å². The van der Waals surface area contributed by atoms with Gasteiger partial charge in [-0.25, -0.2) is 4.79 Å². The lowest BCUT2D eigenvalue weighted by molar-refractivity contribution is 0.0697. The molecule has 5 nitrogen and oxygen atoms in total. The van der Waals surface area contributed by atoms with Gasteiger partial charge in [0.15, 0.2) is 11.5 Å². The number of carbonyl (C=O) groups is 1. The number of fused-ring (bicyclic) bond motifs is 2. The lowest BCUT2D eigenvalue weighted by Gasteiger charge is -2.24. The molecule has 4 rings (SSSR count). The number of nitrogens with zero attached hydrogens (tertiary/aromatic N) is 1. The van der Waals surface area contributed by atoms with Crippen LogP contribution in [0.1, 0.15) is 27.0 Å². The second-order valence-corrected chi connectivity index (χ2v) is 6.55. The van der Waals surface area contributed by atoms with Crippen LogP contribution < -0.4 is 10.1 Å². The van der Waals surface area contributed by atoms with Crippen LogP contribution in [0.2, 0.25) is 0 Å². The lowest BCUT2D eigenvalue weighted by atomic mass is 9.99. The Kier molecular flexibility index (Phi) is 3.82. The van der Waals surface area contributed by atoms with E-state index in [0.29, 0.717) is 22.9 Å². The van der Waals surface area contributed by atoms with Crippen LogP contribution in [-0.4, -0.2) is 11.1 Å². The Hall–Kier alpha value is -3.78. The van der Waals surface area contributed by atoms with Gasteiger partial charge < -0.3 is 15.2 Å². The Balaban J connectivity index is 1.79. The molecule has 132 valence electrons. The summed E-state index contributed by atoms with van der Waals surface area (Å²) in [5, 5.41) is 21.8. The van der Waals surface area contributed by atoms with Crippen molar-refractivity contribution >= 4 is 17.3 Å². The third-order valence-electron chi connectivity index (χ3n) is 4.76. The molecule has 3 aromatic rings. The third kappa shape index (κ3) is 2.87. The van der Waals surface area contributed by atoms with Crippen LogP contribution in [-0.2, 0) is 0 Å². The minimum Gasteiger partial charge on any atom is -0.478 e. The SMILES string of the molecule is Cc1ccc(-c2ccc3c(c2)Nc2c(cc(C#N)cc2C(=O)O)O3)cc1C. The normalized spacial score (nSPS) is 11.4. The number of carboxylic acids is 1. The molecule has 5 heteroatoms. The number of aryl methyl sites for hydroxylation is 2. The summed E-state index contributed by atoms with van der Waals surface area (Å²) in [6.07, 6.45) is 0. The fourth-order valence-corrected chi connectivity index (χ4v) is 3.13. The zero-order chi connectivity index (χ0) is 19.1. The first-order chi connectivity index (χ1) is 13.0. The Bertz CT molecular complexity index is 1140. The second-order valence-electron chi connectivity index (χ2n) is 6.55. The number of hydrogen-bond donors (Lipinski definition) is 2. The van der Waals surface area contributed by atoms with Gasteiger partial charge >= 0.3 is 5.97 Å². The van der Waals surface area contributed by atoms with E-state index in [2.05, 4.69) is 37.4 Å². The van der Waals surface area contributed by atoms with Crippen LogP contribution >= 0.6 is 0 Å². The average Bonchev–Trinajstić information content (AvgIpc) is 2.67. The van der Waals surface area contributed by atoms with Crippen molar-refractivity contribution in [1.82, 2.24) is 0 Å². The first kappa shape index (κ1) is 16.7. The highest BCUT2D eigenvalue weighted by atomic mass is 16.5. The van der Waals surface area contributed by atoms with E-state index in [1.165, 1.54) is 23.3 Å². The van der Waals surface area contributed by atoms with Crippen molar-refractivity contribution in [3.63, 3.8) is 0 Å². The van der Waals surface area contributed by atoms with Gasteiger partial charge in [-0.2, -0.15) is 5.26 Å². The van der Waals surface area contributed by atoms with Crippen molar-refractivity contribution in [2.24, 2.45) is 0 Å². The Morgan fingerprint density at radius 2 is 1.74 bits per heavy atom. The number of ether oxygens (including phenoxy) is 1. The molecule has 0 aliphatic carbocycles. The van der Waals surface area contributed by atoms with Crippen molar-refractivity contribution in [1.29, 1.82) is 5.26 Å². The topological polar surface area (TPSA) is 82.4 Å². The van der Waals surface area contributed by atoms with E-state index in [4.69, 9.17) is 10.00 Å². The van der Waals surface area contributed by atoms with E-state index in [-0.39, 0.29) is 11.1 Å². The monoisotopic (exact) mass is 356 g/mol. The number of benzene rings is 3. The Morgan fingerprint density at radius 3 is 2.44 bits per heavy atom. The molecular formula is C22H16N2O3. The van der Waals surface area contributed by atoms with Crippen LogP contribution in [0.15, 0.2) is 48.5 Å². The van der Waals surface area contributed by atoms with Gasteiger partial charge in [0.05, 0.1) is 28.6 Å². The molecule has 0 radical (unpaired) electrons. The molecule has 27 heavy (non-hydrogen) atoms. The maximum absolute atomic E-state index is 11.6. The van der Waals surface area contributed by atoms with Gasteiger partial charge in [-0.05, 0) is 54.3 Å². The van der Waals surface area contributed by atoms with Gasteiger partial charge in [-0.1, -0.05) is 24.3 Å². The number of nitriles is 1. The van der Waals surface area contributed by atoms with E-state index >= 15 is 0 Å².